The van der Waals surface area contributed by atoms with Crippen LogP contribution in [0.2, 0.25) is 0 Å². The van der Waals surface area contributed by atoms with Gasteiger partial charge < -0.3 is 30.1 Å². The number of ether oxygens (including phenoxy) is 1. The van der Waals surface area contributed by atoms with E-state index in [9.17, 15) is 24.0 Å². The standard InChI is InChI=1S/C52H59N11O6/c53-47-45-46(35-6-9-40(10-7-35)69-39-4-2-1-3-5-39)57-63(48(45)55-32-54-47)37-20-26-58(27-21-37)36-18-28-61(29-19-36)52(68)60-24-16-34(17-25-60)30-33-14-22-59(23-15-33)38-8-11-41-42(31-38)51(67)62(50(41)66)43-12-13-44(64)56-49(43)65/h1-11,31-34,36-37,43H,12-30H2,(H2,53,54,55)(H,56,64,65). The molecule has 1 unspecified atom stereocenters. The minimum Gasteiger partial charge on any atom is -0.457 e. The predicted octanol–water partition coefficient (Wildman–Crippen LogP) is 6.51. The second-order valence-electron chi connectivity index (χ2n) is 19.7. The Bertz CT molecular complexity index is 2750. The third-order valence-corrected chi connectivity index (χ3v) is 15.7. The van der Waals surface area contributed by atoms with Crippen molar-refractivity contribution < 1.29 is 28.7 Å². The number of nitrogens with zero attached hydrogens (tertiary/aromatic N) is 9. The maximum absolute atomic E-state index is 13.8. The van der Waals surface area contributed by atoms with E-state index in [-0.39, 0.29) is 30.8 Å². The fourth-order valence-electron chi connectivity index (χ4n) is 11.8. The predicted molar refractivity (Wildman–Crippen MR) is 258 cm³/mol. The number of amides is 6. The van der Waals surface area contributed by atoms with Crippen LogP contribution in [0.3, 0.4) is 0 Å². The highest BCUT2D eigenvalue weighted by molar-refractivity contribution is 6.23. The topological polar surface area (TPSA) is 192 Å². The Labute approximate surface area is 400 Å². The van der Waals surface area contributed by atoms with Gasteiger partial charge in [0, 0.05) is 76.1 Å². The van der Waals surface area contributed by atoms with Crippen LogP contribution in [0.4, 0.5) is 16.3 Å². The molecular formula is C52H59N11O6. The number of aromatic nitrogens is 4. The first kappa shape index (κ1) is 44.6. The van der Waals surface area contributed by atoms with Crippen LogP contribution in [-0.4, -0.2) is 133 Å². The van der Waals surface area contributed by atoms with Crippen LogP contribution in [0.5, 0.6) is 11.5 Å². The highest BCUT2D eigenvalue weighted by Gasteiger charge is 2.45. The molecule has 0 aliphatic carbocycles. The van der Waals surface area contributed by atoms with E-state index >= 15 is 0 Å². The molecule has 8 heterocycles. The number of piperidine rings is 5. The number of urea groups is 1. The van der Waals surface area contributed by atoms with Gasteiger partial charge in [0.2, 0.25) is 11.8 Å². The zero-order valence-corrected chi connectivity index (χ0v) is 38.9. The monoisotopic (exact) mass is 933 g/mol. The molecule has 6 aliphatic heterocycles. The molecule has 69 heavy (non-hydrogen) atoms. The van der Waals surface area contributed by atoms with Gasteiger partial charge in [-0.15, -0.1) is 0 Å². The maximum atomic E-state index is 13.8. The lowest BCUT2D eigenvalue weighted by molar-refractivity contribution is -0.136. The first-order chi connectivity index (χ1) is 33.6. The van der Waals surface area contributed by atoms with Gasteiger partial charge in [0.05, 0.1) is 22.6 Å². The number of hydrogen-bond donors (Lipinski definition) is 2. The van der Waals surface area contributed by atoms with E-state index in [0.717, 1.165) is 155 Å². The molecular weight excluding hydrogens is 875 g/mol. The number of anilines is 2. The number of para-hydroxylation sites is 1. The summed E-state index contributed by atoms with van der Waals surface area (Å²) in [4.78, 5) is 83.6. The van der Waals surface area contributed by atoms with Crippen LogP contribution in [0.15, 0.2) is 79.1 Å². The molecule has 17 nitrogen and oxygen atoms in total. The van der Waals surface area contributed by atoms with E-state index in [4.69, 9.17) is 15.6 Å². The Morgan fingerprint density at radius 2 is 1.32 bits per heavy atom. The van der Waals surface area contributed by atoms with E-state index in [1.807, 2.05) is 60.7 Å². The van der Waals surface area contributed by atoms with Crippen molar-refractivity contribution in [3.8, 4) is 22.8 Å². The summed E-state index contributed by atoms with van der Waals surface area (Å²) < 4.78 is 8.09. The van der Waals surface area contributed by atoms with Gasteiger partial charge in [0.15, 0.2) is 5.65 Å². The van der Waals surface area contributed by atoms with Gasteiger partial charge in [0.25, 0.3) is 11.8 Å². The van der Waals surface area contributed by atoms with Crippen LogP contribution >= 0.6 is 0 Å². The Morgan fingerprint density at radius 1 is 0.681 bits per heavy atom. The minimum absolute atomic E-state index is 0.0946. The number of rotatable bonds is 9. The fraction of sp³-hybridized carbons (Fsp3) is 0.462. The lowest BCUT2D eigenvalue weighted by atomic mass is 9.82. The zero-order valence-electron chi connectivity index (χ0n) is 38.9. The van der Waals surface area contributed by atoms with Gasteiger partial charge in [0.1, 0.15) is 35.4 Å². The van der Waals surface area contributed by atoms with Crippen LogP contribution in [-0.2, 0) is 9.59 Å². The van der Waals surface area contributed by atoms with E-state index in [1.165, 1.54) is 6.33 Å². The van der Waals surface area contributed by atoms with E-state index in [0.29, 0.717) is 34.8 Å². The molecule has 17 heteroatoms. The molecule has 5 saturated heterocycles. The molecule has 5 fully saturated rings. The number of nitrogen functional groups attached to an aromatic ring is 1. The fourth-order valence-corrected chi connectivity index (χ4v) is 11.8. The molecule has 6 aliphatic rings. The summed E-state index contributed by atoms with van der Waals surface area (Å²) in [7, 11) is 0. The number of carbonyl (C=O) groups excluding carboxylic acids is 5. The van der Waals surface area contributed by atoms with E-state index < -0.39 is 23.8 Å². The van der Waals surface area contributed by atoms with Crippen molar-refractivity contribution in [3.63, 3.8) is 0 Å². The van der Waals surface area contributed by atoms with Gasteiger partial charge in [-0.25, -0.2) is 19.4 Å². The lowest BCUT2D eigenvalue weighted by Crippen LogP contribution is -2.54. The average Bonchev–Trinajstić information content (AvgIpc) is 3.89. The third kappa shape index (κ3) is 8.88. The molecule has 2 aromatic heterocycles. The zero-order chi connectivity index (χ0) is 47.2. The molecule has 5 aromatic rings. The largest absolute Gasteiger partial charge is 0.457 e. The molecule has 0 radical (unpaired) electrons. The highest BCUT2D eigenvalue weighted by atomic mass is 16.5. The highest BCUT2D eigenvalue weighted by Crippen LogP contribution is 2.38. The molecule has 11 rings (SSSR count). The Kier molecular flexibility index (Phi) is 12.2. The minimum atomic E-state index is -0.970. The summed E-state index contributed by atoms with van der Waals surface area (Å²) in [5, 5.41) is 8.16. The second-order valence-corrected chi connectivity index (χ2v) is 19.7. The summed E-state index contributed by atoms with van der Waals surface area (Å²) in [6.07, 6.45) is 10.9. The first-order valence-electron chi connectivity index (χ1n) is 24.9. The van der Waals surface area contributed by atoms with Gasteiger partial charge in [-0.05, 0) is 131 Å². The van der Waals surface area contributed by atoms with Gasteiger partial charge in [-0.3, -0.25) is 29.4 Å². The number of fused-ring (bicyclic) bond motifs is 2. The van der Waals surface area contributed by atoms with Crippen molar-refractivity contribution in [1.82, 2.24) is 44.7 Å². The van der Waals surface area contributed by atoms with Crippen LogP contribution in [0, 0.1) is 11.8 Å². The molecule has 358 valence electrons. The number of nitrogens with one attached hydrogen (secondary N) is 1. The molecule has 6 amide bonds. The number of carbonyl (C=O) groups is 5. The molecule has 0 spiro atoms. The average molecular weight is 934 g/mol. The summed E-state index contributed by atoms with van der Waals surface area (Å²) in [6, 6.07) is 22.9. The van der Waals surface area contributed by atoms with Crippen molar-refractivity contribution in [1.29, 1.82) is 0 Å². The van der Waals surface area contributed by atoms with Crippen LogP contribution in [0.1, 0.15) is 97.4 Å². The van der Waals surface area contributed by atoms with Gasteiger partial charge in [-0.1, -0.05) is 18.2 Å². The molecule has 3 aromatic carbocycles. The lowest BCUT2D eigenvalue weighted by Gasteiger charge is -2.43. The van der Waals surface area contributed by atoms with Gasteiger partial charge >= 0.3 is 6.03 Å². The Hall–Kier alpha value is -6.88. The smallest absolute Gasteiger partial charge is 0.319 e. The maximum Gasteiger partial charge on any atom is 0.319 e. The van der Waals surface area contributed by atoms with Crippen molar-refractivity contribution >= 4 is 52.2 Å². The molecule has 0 bridgehead atoms. The Balaban J connectivity index is 0.619. The van der Waals surface area contributed by atoms with Gasteiger partial charge in [-0.2, -0.15) is 5.10 Å². The molecule has 3 N–H and O–H groups in total. The SMILES string of the molecule is Nc1ncnc2c1c(-c1ccc(Oc3ccccc3)cc1)nn2C1CCN(C2CCN(C(=O)N3CCC(CC4CCN(c5ccc6c(c5)C(=O)N(C5CCC(=O)NC5=O)C6=O)CC4)CC3)CC2)CC1. The summed E-state index contributed by atoms with van der Waals surface area (Å²) in [5.74, 6) is 1.20. The number of likely N-dealkylation sites (tertiary alicyclic amines) is 3. The van der Waals surface area contributed by atoms with E-state index in [2.05, 4.69) is 39.6 Å². The van der Waals surface area contributed by atoms with Crippen molar-refractivity contribution in [3.05, 3.63) is 90.3 Å². The first-order valence-corrected chi connectivity index (χ1v) is 24.9. The molecule has 0 saturated carbocycles. The number of imide groups is 2. The molecule has 1 atom stereocenters. The number of benzene rings is 3. The van der Waals surface area contributed by atoms with Crippen molar-refractivity contribution in [2.45, 2.75) is 88.8 Å². The normalized spacial score (nSPS) is 21.6. The second kappa shape index (κ2) is 18.9. The number of nitrogens with two attached hydrogens (primary N) is 1. The Morgan fingerprint density at radius 3 is 2.01 bits per heavy atom. The third-order valence-electron chi connectivity index (χ3n) is 15.7. The van der Waals surface area contributed by atoms with Crippen LogP contribution < -0.4 is 20.7 Å². The quantitative estimate of drug-likeness (QED) is 0.153. The van der Waals surface area contributed by atoms with Crippen molar-refractivity contribution in [2.24, 2.45) is 11.8 Å². The summed E-state index contributed by atoms with van der Waals surface area (Å²) in [6.45, 7) is 6.84. The summed E-state index contributed by atoms with van der Waals surface area (Å²) >= 11 is 0. The summed E-state index contributed by atoms with van der Waals surface area (Å²) in [5.41, 5.74) is 10.5. The number of hydrogen-bond acceptors (Lipinski definition) is 12. The van der Waals surface area contributed by atoms with Crippen molar-refractivity contribution in [2.75, 3.05) is 63.0 Å². The van der Waals surface area contributed by atoms with E-state index in [1.54, 1.807) is 12.1 Å². The van der Waals surface area contributed by atoms with Crippen LogP contribution in [0.25, 0.3) is 22.3 Å².